The highest BCUT2D eigenvalue weighted by Gasteiger charge is 2.12. The molecule has 0 spiro atoms. The third-order valence-electron chi connectivity index (χ3n) is 3.38. The predicted octanol–water partition coefficient (Wildman–Crippen LogP) is 3.62. The Morgan fingerprint density at radius 3 is 3.00 bits per heavy atom. The number of hydrogen-bond donors (Lipinski definition) is 1. The van der Waals surface area contributed by atoms with Crippen LogP contribution in [-0.2, 0) is 11.3 Å². The summed E-state index contributed by atoms with van der Waals surface area (Å²) in [6.07, 6.45) is 5.21. The summed E-state index contributed by atoms with van der Waals surface area (Å²) in [6.45, 7) is 7.25. The van der Waals surface area contributed by atoms with Gasteiger partial charge in [-0.25, -0.2) is 4.98 Å². The number of unbranched alkanes of at least 4 members (excludes halogenated alkanes) is 2. The summed E-state index contributed by atoms with van der Waals surface area (Å²) < 4.78 is 2.23. The van der Waals surface area contributed by atoms with E-state index >= 15 is 0 Å². The molecule has 2 aromatic rings. The maximum Gasteiger partial charge on any atom is 0.230 e. The summed E-state index contributed by atoms with van der Waals surface area (Å²) in [4.78, 5) is 16.4. The van der Waals surface area contributed by atoms with Crippen molar-refractivity contribution in [3.8, 4) is 0 Å². The zero-order chi connectivity index (χ0) is 15.8. The van der Waals surface area contributed by atoms with Gasteiger partial charge >= 0.3 is 0 Å². The van der Waals surface area contributed by atoms with Crippen molar-refractivity contribution in [3.05, 3.63) is 36.9 Å². The van der Waals surface area contributed by atoms with Crippen LogP contribution < -0.4 is 5.32 Å². The molecule has 0 fully saturated rings. The van der Waals surface area contributed by atoms with E-state index in [0.29, 0.717) is 12.3 Å². The fourth-order valence-corrected chi connectivity index (χ4v) is 3.14. The van der Waals surface area contributed by atoms with Gasteiger partial charge in [-0.05, 0) is 18.6 Å². The van der Waals surface area contributed by atoms with Gasteiger partial charge < -0.3 is 9.88 Å². The molecule has 1 amide bonds. The van der Waals surface area contributed by atoms with E-state index in [-0.39, 0.29) is 5.91 Å². The van der Waals surface area contributed by atoms with Crippen LogP contribution in [0.15, 0.2) is 42.1 Å². The quantitative estimate of drug-likeness (QED) is 0.436. The van der Waals surface area contributed by atoms with Crippen LogP contribution in [0.4, 0.5) is 0 Å². The average Bonchev–Trinajstić information content (AvgIpc) is 2.89. The molecule has 1 N–H and O–H groups in total. The standard InChI is InChI=1S/C17H23N3OS/c1-3-5-8-12-20-15-10-7-6-9-14(15)19-17(20)22-13-16(21)18-11-4-2/h4,6-7,9-10H,2-3,5,8,11-13H2,1H3,(H,18,21). The summed E-state index contributed by atoms with van der Waals surface area (Å²) in [7, 11) is 0. The predicted molar refractivity (Wildman–Crippen MR) is 93.2 cm³/mol. The largest absolute Gasteiger partial charge is 0.352 e. The maximum atomic E-state index is 11.7. The molecule has 1 aromatic carbocycles. The van der Waals surface area contributed by atoms with Gasteiger partial charge in [-0.15, -0.1) is 6.58 Å². The number of imidazole rings is 1. The third-order valence-corrected chi connectivity index (χ3v) is 4.36. The van der Waals surface area contributed by atoms with Crippen molar-refractivity contribution in [1.29, 1.82) is 0 Å². The molecule has 0 aliphatic rings. The molecule has 5 heteroatoms. The lowest BCUT2D eigenvalue weighted by Crippen LogP contribution is -2.25. The summed E-state index contributed by atoms with van der Waals surface area (Å²) in [5.74, 6) is 0.391. The molecule has 22 heavy (non-hydrogen) atoms. The third kappa shape index (κ3) is 4.37. The highest BCUT2D eigenvalue weighted by molar-refractivity contribution is 7.99. The molecular formula is C17H23N3OS. The lowest BCUT2D eigenvalue weighted by atomic mass is 10.2. The molecule has 4 nitrogen and oxygen atoms in total. The molecule has 0 unspecified atom stereocenters. The number of fused-ring (bicyclic) bond motifs is 1. The molecule has 0 bridgehead atoms. The van der Waals surface area contributed by atoms with E-state index < -0.39 is 0 Å². The van der Waals surface area contributed by atoms with Crippen molar-refractivity contribution in [2.45, 2.75) is 37.9 Å². The molecule has 118 valence electrons. The number of aryl methyl sites for hydroxylation is 1. The summed E-state index contributed by atoms with van der Waals surface area (Å²) >= 11 is 1.49. The van der Waals surface area contributed by atoms with E-state index in [1.54, 1.807) is 6.08 Å². The van der Waals surface area contributed by atoms with Crippen LogP contribution in [0.2, 0.25) is 0 Å². The molecule has 0 saturated carbocycles. The first-order chi connectivity index (χ1) is 10.8. The molecule has 1 heterocycles. The molecule has 1 aromatic heterocycles. The Balaban J connectivity index is 2.11. The van der Waals surface area contributed by atoms with Gasteiger partial charge in [0.25, 0.3) is 0 Å². The number of para-hydroxylation sites is 2. The summed E-state index contributed by atoms with van der Waals surface area (Å²) in [6, 6.07) is 8.14. The number of carbonyl (C=O) groups excluding carboxylic acids is 1. The molecule has 0 aliphatic heterocycles. The molecule has 0 atom stereocenters. The smallest absolute Gasteiger partial charge is 0.230 e. The molecular weight excluding hydrogens is 294 g/mol. The normalized spacial score (nSPS) is 10.8. The minimum atomic E-state index is 0.0112. The number of carbonyl (C=O) groups is 1. The van der Waals surface area contributed by atoms with Crippen molar-refractivity contribution in [2.24, 2.45) is 0 Å². The number of thioether (sulfide) groups is 1. The second-order valence-corrected chi connectivity index (χ2v) is 6.07. The Bertz CT molecular complexity index is 636. The first-order valence-electron chi connectivity index (χ1n) is 7.72. The summed E-state index contributed by atoms with van der Waals surface area (Å²) in [5, 5.41) is 3.72. The van der Waals surface area contributed by atoms with Gasteiger partial charge in [-0.2, -0.15) is 0 Å². The topological polar surface area (TPSA) is 46.9 Å². The minimum absolute atomic E-state index is 0.0112. The number of aromatic nitrogens is 2. The van der Waals surface area contributed by atoms with E-state index in [2.05, 4.69) is 34.4 Å². The Kier molecular flexibility index (Phi) is 6.52. The van der Waals surface area contributed by atoms with E-state index in [4.69, 9.17) is 0 Å². The second-order valence-electron chi connectivity index (χ2n) is 5.12. The van der Waals surface area contributed by atoms with Crippen molar-refractivity contribution in [2.75, 3.05) is 12.3 Å². The highest BCUT2D eigenvalue weighted by Crippen LogP contribution is 2.24. The summed E-state index contributed by atoms with van der Waals surface area (Å²) in [5.41, 5.74) is 2.14. The Morgan fingerprint density at radius 2 is 2.23 bits per heavy atom. The molecule has 2 rings (SSSR count). The van der Waals surface area contributed by atoms with Crippen LogP contribution in [0.25, 0.3) is 11.0 Å². The Hall–Kier alpha value is -1.75. The minimum Gasteiger partial charge on any atom is -0.352 e. The van der Waals surface area contributed by atoms with Crippen LogP contribution in [0.5, 0.6) is 0 Å². The number of nitrogens with zero attached hydrogens (tertiary/aromatic N) is 2. The molecule has 0 radical (unpaired) electrons. The van der Waals surface area contributed by atoms with Crippen LogP contribution in [0.3, 0.4) is 0 Å². The lowest BCUT2D eigenvalue weighted by Gasteiger charge is -2.08. The van der Waals surface area contributed by atoms with E-state index in [1.165, 1.54) is 24.6 Å². The van der Waals surface area contributed by atoms with E-state index in [0.717, 1.165) is 29.2 Å². The monoisotopic (exact) mass is 317 g/mol. The zero-order valence-electron chi connectivity index (χ0n) is 13.0. The van der Waals surface area contributed by atoms with Crippen LogP contribution >= 0.6 is 11.8 Å². The second kappa shape index (κ2) is 8.63. The molecule has 0 aliphatic carbocycles. The Labute approximate surface area is 136 Å². The van der Waals surface area contributed by atoms with E-state index in [1.807, 2.05) is 18.2 Å². The first kappa shape index (κ1) is 16.6. The van der Waals surface area contributed by atoms with Gasteiger partial charge in [-0.1, -0.05) is 49.7 Å². The fourth-order valence-electron chi connectivity index (χ4n) is 2.27. The lowest BCUT2D eigenvalue weighted by molar-refractivity contribution is -0.118. The average molecular weight is 317 g/mol. The van der Waals surface area contributed by atoms with Crippen LogP contribution in [0, 0.1) is 0 Å². The van der Waals surface area contributed by atoms with Gasteiger partial charge in [0, 0.05) is 13.1 Å². The fraction of sp³-hybridized carbons (Fsp3) is 0.412. The zero-order valence-corrected chi connectivity index (χ0v) is 13.9. The Morgan fingerprint density at radius 1 is 1.41 bits per heavy atom. The van der Waals surface area contributed by atoms with Gasteiger partial charge in [0.05, 0.1) is 16.8 Å². The highest BCUT2D eigenvalue weighted by atomic mass is 32.2. The van der Waals surface area contributed by atoms with Gasteiger partial charge in [-0.3, -0.25) is 4.79 Å². The van der Waals surface area contributed by atoms with Gasteiger partial charge in [0.1, 0.15) is 0 Å². The van der Waals surface area contributed by atoms with Gasteiger partial charge in [0.2, 0.25) is 5.91 Å². The van der Waals surface area contributed by atoms with Crippen molar-refractivity contribution < 1.29 is 4.79 Å². The molecule has 0 saturated heterocycles. The van der Waals surface area contributed by atoms with Crippen LogP contribution in [0.1, 0.15) is 26.2 Å². The van der Waals surface area contributed by atoms with Crippen molar-refractivity contribution >= 4 is 28.7 Å². The number of rotatable bonds is 9. The first-order valence-corrected chi connectivity index (χ1v) is 8.70. The van der Waals surface area contributed by atoms with Crippen molar-refractivity contribution in [1.82, 2.24) is 14.9 Å². The number of nitrogens with one attached hydrogen (secondary N) is 1. The maximum absolute atomic E-state index is 11.7. The number of amides is 1. The van der Waals surface area contributed by atoms with E-state index in [9.17, 15) is 4.79 Å². The van der Waals surface area contributed by atoms with Gasteiger partial charge in [0.15, 0.2) is 5.16 Å². The number of hydrogen-bond acceptors (Lipinski definition) is 3. The van der Waals surface area contributed by atoms with Crippen molar-refractivity contribution in [3.63, 3.8) is 0 Å². The van der Waals surface area contributed by atoms with Crippen LogP contribution in [-0.4, -0.2) is 27.8 Å². The number of benzene rings is 1. The SMILES string of the molecule is C=CCNC(=O)CSc1nc2ccccc2n1CCCCC.